The third-order valence-corrected chi connectivity index (χ3v) is 4.71. The summed E-state index contributed by atoms with van der Waals surface area (Å²) < 4.78 is 10.5. The summed E-state index contributed by atoms with van der Waals surface area (Å²) in [4.78, 5) is 28.6. The molecule has 0 bridgehead atoms. The molecule has 7 nitrogen and oxygen atoms in total. The van der Waals surface area contributed by atoms with Crippen molar-refractivity contribution >= 4 is 11.9 Å². The van der Waals surface area contributed by atoms with Crippen molar-refractivity contribution in [3.05, 3.63) is 53.3 Å². The van der Waals surface area contributed by atoms with Gasteiger partial charge < -0.3 is 19.9 Å². The van der Waals surface area contributed by atoms with Crippen LogP contribution >= 0.6 is 0 Å². The molecule has 0 saturated heterocycles. The highest BCUT2D eigenvalue weighted by Crippen LogP contribution is 2.27. The number of hydrogen-bond donors (Lipinski definition) is 2. The van der Waals surface area contributed by atoms with Crippen LogP contribution in [0.1, 0.15) is 48.3 Å². The first-order valence-corrected chi connectivity index (χ1v) is 9.05. The Balaban J connectivity index is 2.01. The van der Waals surface area contributed by atoms with Gasteiger partial charge in [0, 0.05) is 18.2 Å². The predicted octanol–water partition coefficient (Wildman–Crippen LogP) is 2.96. The van der Waals surface area contributed by atoms with E-state index in [0.717, 1.165) is 11.1 Å². The van der Waals surface area contributed by atoms with Crippen LogP contribution in [0.5, 0.6) is 11.5 Å². The predicted molar refractivity (Wildman–Crippen MR) is 105 cm³/mol. The highest BCUT2D eigenvalue weighted by molar-refractivity contribution is 5.97. The summed E-state index contributed by atoms with van der Waals surface area (Å²) in [5.74, 6) is -1.53. The van der Waals surface area contributed by atoms with Gasteiger partial charge in [0.25, 0.3) is 5.91 Å². The van der Waals surface area contributed by atoms with Crippen molar-refractivity contribution in [1.82, 2.24) is 10.3 Å². The molecule has 0 fully saturated rings. The molecule has 7 heteroatoms. The van der Waals surface area contributed by atoms with Crippen molar-refractivity contribution < 1.29 is 24.2 Å². The summed E-state index contributed by atoms with van der Waals surface area (Å²) in [6.45, 7) is 7.33. The largest absolute Gasteiger partial charge is 0.503 e. The minimum atomic E-state index is -0.911. The average molecular weight is 386 g/mol. The lowest BCUT2D eigenvalue weighted by Crippen LogP contribution is -2.41. The minimum Gasteiger partial charge on any atom is -0.503 e. The summed E-state index contributed by atoms with van der Waals surface area (Å²) in [7, 11) is 1.37. The number of nitrogens with one attached hydrogen (secondary N) is 1. The molecule has 0 aliphatic rings. The fourth-order valence-electron chi connectivity index (χ4n) is 2.83. The molecular weight excluding hydrogens is 360 g/mol. The van der Waals surface area contributed by atoms with E-state index in [-0.39, 0.29) is 29.2 Å². The summed E-state index contributed by atoms with van der Waals surface area (Å²) in [5, 5.41) is 12.5. The van der Waals surface area contributed by atoms with Crippen LogP contribution in [-0.4, -0.2) is 41.2 Å². The number of hydrogen-bond acceptors (Lipinski definition) is 6. The third kappa shape index (κ3) is 4.79. The molecule has 0 aliphatic heterocycles. The van der Waals surface area contributed by atoms with E-state index in [4.69, 9.17) is 9.47 Å². The van der Waals surface area contributed by atoms with Gasteiger partial charge in [0.1, 0.15) is 12.1 Å². The maximum absolute atomic E-state index is 12.4. The van der Waals surface area contributed by atoms with E-state index < -0.39 is 17.9 Å². The molecule has 0 aliphatic carbocycles. The summed E-state index contributed by atoms with van der Waals surface area (Å²) in [5.41, 5.74) is 2.00. The Morgan fingerprint density at radius 2 is 1.82 bits per heavy atom. The lowest BCUT2D eigenvalue weighted by molar-refractivity contribution is -0.151. The number of methoxy groups -OCH3 is 1. The number of rotatable bonds is 7. The number of aryl methyl sites for hydroxylation is 1. The number of esters is 1. The minimum absolute atomic E-state index is 0.00264. The maximum Gasteiger partial charge on any atom is 0.328 e. The topological polar surface area (TPSA) is 97.8 Å². The Labute approximate surface area is 164 Å². The first kappa shape index (κ1) is 21.2. The third-order valence-electron chi connectivity index (χ3n) is 4.71. The van der Waals surface area contributed by atoms with E-state index in [1.54, 1.807) is 0 Å². The van der Waals surface area contributed by atoms with E-state index >= 15 is 0 Å². The van der Waals surface area contributed by atoms with Gasteiger partial charge in [-0.25, -0.2) is 9.78 Å². The maximum atomic E-state index is 12.4. The molecule has 0 spiro atoms. The second-order valence-corrected chi connectivity index (χ2v) is 6.69. The number of amides is 1. The lowest BCUT2D eigenvalue weighted by atomic mass is 9.92. The molecular formula is C21H26N2O5. The number of carbonyl (C=O) groups excluding carboxylic acids is 2. The first-order chi connectivity index (χ1) is 13.3. The number of aromatic hydroxyl groups is 1. The Hall–Kier alpha value is -3.09. The molecule has 0 radical (unpaired) electrons. The molecule has 1 heterocycles. The van der Waals surface area contributed by atoms with Gasteiger partial charge in [-0.2, -0.15) is 0 Å². The Morgan fingerprint density at radius 1 is 1.14 bits per heavy atom. The Morgan fingerprint density at radius 3 is 2.46 bits per heavy atom. The fraction of sp³-hybridized carbons (Fsp3) is 0.381. The SMILES string of the molecule is COc1ccnc(C(=O)N[C@@H](C)C(=O)O[C@@H](C)[C@@H](C)c2ccccc2C)c1O. The van der Waals surface area contributed by atoms with Gasteiger partial charge in [0.15, 0.2) is 17.2 Å². The fourth-order valence-corrected chi connectivity index (χ4v) is 2.83. The van der Waals surface area contributed by atoms with Crippen LogP contribution in [-0.2, 0) is 9.53 Å². The Bertz CT molecular complexity index is 852. The zero-order valence-corrected chi connectivity index (χ0v) is 16.7. The van der Waals surface area contributed by atoms with Crippen LogP contribution < -0.4 is 10.1 Å². The van der Waals surface area contributed by atoms with Crippen molar-refractivity contribution in [2.24, 2.45) is 0 Å². The van der Waals surface area contributed by atoms with Gasteiger partial charge in [-0.05, 0) is 31.9 Å². The Kier molecular flexibility index (Phi) is 6.98. The van der Waals surface area contributed by atoms with E-state index in [9.17, 15) is 14.7 Å². The first-order valence-electron chi connectivity index (χ1n) is 9.05. The highest BCUT2D eigenvalue weighted by Gasteiger charge is 2.26. The van der Waals surface area contributed by atoms with Crippen molar-refractivity contribution in [3.63, 3.8) is 0 Å². The molecule has 150 valence electrons. The van der Waals surface area contributed by atoms with E-state index in [1.807, 2.05) is 45.0 Å². The number of carbonyl (C=O) groups is 2. The highest BCUT2D eigenvalue weighted by atomic mass is 16.5. The molecule has 2 rings (SSSR count). The van der Waals surface area contributed by atoms with Crippen molar-refractivity contribution in [1.29, 1.82) is 0 Å². The van der Waals surface area contributed by atoms with Crippen LogP contribution in [0.25, 0.3) is 0 Å². The molecule has 1 amide bonds. The van der Waals surface area contributed by atoms with Crippen LogP contribution in [0.3, 0.4) is 0 Å². The number of benzene rings is 1. The molecule has 0 unspecified atom stereocenters. The number of ether oxygens (including phenoxy) is 2. The van der Waals surface area contributed by atoms with Crippen LogP contribution in [0.4, 0.5) is 0 Å². The second kappa shape index (κ2) is 9.21. The molecule has 3 atom stereocenters. The number of nitrogens with zero attached hydrogens (tertiary/aromatic N) is 1. The molecule has 28 heavy (non-hydrogen) atoms. The van der Waals surface area contributed by atoms with Crippen LogP contribution in [0.15, 0.2) is 36.5 Å². The van der Waals surface area contributed by atoms with E-state index in [2.05, 4.69) is 10.3 Å². The summed E-state index contributed by atoms with van der Waals surface area (Å²) >= 11 is 0. The van der Waals surface area contributed by atoms with E-state index in [0.29, 0.717) is 0 Å². The van der Waals surface area contributed by atoms with Gasteiger partial charge in [-0.15, -0.1) is 0 Å². The zero-order valence-electron chi connectivity index (χ0n) is 16.7. The number of aromatic nitrogens is 1. The number of pyridine rings is 1. The molecule has 2 aromatic rings. The van der Waals surface area contributed by atoms with Crippen LogP contribution in [0, 0.1) is 6.92 Å². The smallest absolute Gasteiger partial charge is 0.328 e. The van der Waals surface area contributed by atoms with Gasteiger partial charge in [-0.1, -0.05) is 31.2 Å². The van der Waals surface area contributed by atoms with Gasteiger partial charge in [-0.3, -0.25) is 4.79 Å². The quantitative estimate of drug-likeness (QED) is 0.710. The van der Waals surface area contributed by atoms with Gasteiger partial charge >= 0.3 is 5.97 Å². The zero-order chi connectivity index (χ0) is 20.8. The average Bonchev–Trinajstić information content (AvgIpc) is 2.67. The van der Waals surface area contributed by atoms with Crippen molar-refractivity contribution in [2.45, 2.75) is 45.8 Å². The normalized spacial score (nSPS) is 13.9. The van der Waals surface area contributed by atoms with E-state index in [1.165, 1.54) is 26.3 Å². The molecule has 0 saturated carbocycles. The van der Waals surface area contributed by atoms with Gasteiger partial charge in [0.05, 0.1) is 7.11 Å². The van der Waals surface area contributed by atoms with Gasteiger partial charge in [0.2, 0.25) is 0 Å². The van der Waals surface area contributed by atoms with Crippen LogP contribution in [0.2, 0.25) is 0 Å². The van der Waals surface area contributed by atoms with Crippen molar-refractivity contribution in [2.75, 3.05) is 7.11 Å². The molecule has 1 aromatic heterocycles. The second-order valence-electron chi connectivity index (χ2n) is 6.69. The lowest BCUT2D eigenvalue weighted by Gasteiger charge is -2.24. The molecule has 2 N–H and O–H groups in total. The van der Waals surface area contributed by atoms with Crippen molar-refractivity contribution in [3.8, 4) is 11.5 Å². The standard InChI is InChI=1S/C21H26N2O5/c1-12-8-6-7-9-16(12)13(2)15(4)28-21(26)14(3)23-20(25)18-19(24)17(27-5)10-11-22-18/h6-11,13-15,24H,1-5H3,(H,23,25)/t13-,14+,15+/m1/s1. The summed E-state index contributed by atoms with van der Waals surface area (Å²) in [6.07, 6.45) is 0.957. The molecule has 1 aromatic carbocycles. The summed E-state index contributed by atoms with van der Waals surface area (Å²) in [6, 6.07) is 8.44. The monoisotopic (exact) mass is 386 g/mol.